The molecule has 3 aromatic carbocycles. The highest BCUT2D eigenvalue weighted by Crippen LogP contribution is 2.21. The van der Waals surface area contributed by atoms with Gasteiger partial charge in [0.15, 0.2) is 5.69 Å². The van der Waals surface area contributed by atoms with Crippen LogP contribution in [0.1, 0.15) is 29.0 Å². The molecular formula is C22H19N3O2. The highest BCUT2D eigenvalue weighted by atomic mass is 16.2. The van der Waals surface area contributed by atoms with E-state index in [1.165, 1.54) is 4.68 Å². The molecule has 0 aliphatic carbocycles. The lowest BCUT2D eigenvalue weighted by molar-refractivity contribution is 0.0934. The van der Waals surface area contributed by atoms with E-state index in [1.54, 1.807) is 31.3 Å². The predicted molar refractivity (Wildman–Crippen MR) is 107 cm³/mol. The third kappa shape index (κ3) is 3.08. The quantitative estimate of drug-likeness (QED) is 0.609. The number of nitrogens with zero attached hydrogens (tertiary/aromatic N) is 2. The van der Waals surface area contributed by atoms with E-state index in [-0.39, 0.29) is 23.2 Å². The van der Waals surface area contributed by atoms with E-state index in [2.05, 4.69) is 28.6 Å². The summed E-state index contributed by atoms with van der Waals surface area (Å²) >= 11 is 0. The lowest BCUT2D eigenvalue weighted by atomic mass is 10.0. The van der Waals surface area contributed by atoms with Crippen LogP contribution in [0.15, 0.2) is 71.5 Å². The van der Waals surface area contributed by atoms with Gasteiger partial charge in [0, 0.05) is 12.4 Å². The van der Waals surface area contributed by atoms with Gasteiger partial charge >= 0.3 is 0 Å². The monoisotopic (exact) mass is 357 g/mol. The Morgan fingerprint density at radius 2 is 1.63 bits per heavy atom. The van der Waals surface area contributed by atoms with Gasteiger partial charge in [-0.15, -0.1) is 0 Å². The van der Waals surface area contributed by atoms with Crippen LogP contribution in [0.5, 0.6) is 0 Å². The first-order chi connectivity index (χ1) is 13.0. The first kappa shape index (κ1) is 17.0. The normalized spacial score (nSPS) is 12.2. The molecule has 5 heteroatoms. The number of nitrogens with one attached hydrogen (secondary N) is 1. The van der Waals surface area contributed by atoms with Gasteiger partial charge in [-0.25, -0.2) is 4.68 Å². The SMILES string of the molecule is C[C@@H](NC(=O)c1nn(C)c(=O)c2ccccc12)c1ccc2ccccc2c1. The van der Waals surface area contributed by atoms with E-state index in [0.717, 1.165) is 16.3 Å². The molecule has 0 bridgehead atoms. The second-order valence-electron chi connectivity index (χ2n) is 6.62. The molecule has 1 atom stereocenters. The zero-order chi connectivity index (χ0) is 19.0. The molecule has 5 nitrogen and oxygen atoms in total. The van der Waals surface area contributed by atoms with Gasteiger partial charge in [0.1, 0.15) is 0 Å². The molecule has 4 aromatic rings. The number of rotatable bonds is 3. The van der Waals surface area contributed by atoms with E-state index in [0.29, 0.717) is 10.8 Å². The highest BCUT2D eigenvalue weighted by molar-refractivity contribution is 6.04. The molecule has 0 saturated carbocycles. The van der Waals surface area contributed by atoms with E-state index in [1.807, 2.05) is 31.2 Å². The average Bonchev–Trinajstić information content (AvgIpc) is 2.70. The van der Waals surface area contributed by atoms with Gasteiger partial charge in [0.05, 0.1) is 11.4 Å². The molecule has 0 unspecified atom stereocenters. The number of aryl methyl sites for hydroxylation is 1. The van der Waals surface area contributed by atoms with Crippen molar-refractivity contribution in [1.29, 1.82) is 0 Å². The maximum Gasteiger partial charge on any atom is 0.274 e. The van der Waals surface area contributed by atoms with Crippen LogP contribution in [0.4, 0.5) is 0 Å². The molecule has 1 aromatic heterocycles. The molecule has 1 N–H and O–H groups in total. The number of benzene rings is 3. The molecule has 0 aliphatic heterocycles. The summed E-state index contributed by atoms with van der Waals surface area (Å²) in [7, 11) is 1.55. The Labute approximate surface area is 156 Å². The average molecular weight is 357 g/mol. The Morgan fingerprint density at radius 1 is 0.963 bits per heavy atom. The van der Waals surface area contributed by atoms with Crippen LogP contribution in [-0.4, -0.2) is 15.7 Å². The van der Waals surface area contributed by atoms with Gasteiger partial charge in [-0.1, -0.05) is 54.6 Å². The van der Waals surface area contributed by atoms with Crippen molar-refractivity contribution in [2.75, 3.05) is 0 Å². The lowest BCUT2D eigenvalue weighted by Crippen LogP contribution is -2.31. The molecule has 0 spiro atoms. The summed E-state index contributed by atoms with van der Waals surface area (Å²) in [6.07, 6.45) is 0. The van der Waals surface area contributed by atoms with Crippen molar-refractivity contribution in [2.24, 2.45) is 7.05 Å². The number of hydrogen-bond acceptors (Lipinski definition) is 3. The molecule has 4 rings (SSSR count). The first-order valence-corrected chi connectivity index (χ1v) is 8.80. The van der Waals surface area contributed by atoms with Crippen molar-refractivity contribution in [3.8, 4) is 0 Å². The second kappa shape index (κ2) is 6.68. The zero-order valence-corrected chi connectivity index (χ0v) is 15.1. The summed E-state index contributed by atoms with van der Waals surface area (Å²) in [6, 6.07) is 21.1. The molecule has 0 radical (unpaired) electrons. The third-order valence-electron chi connectivity index (χ3n) is 4.79. The minimum Gasteiger partial charge on any atom is -0.344 e. The minimum atomic E-state index is -0.303. The molecule has 0 fully saturated rings. The molecule has 0 aliphatic rings. The van der Waals surface area contributed by atoms with Gasteiger partial charge in [-0.05, 0) is 35.4 Å². The smallest absolute Gasteiger partial charge is 0.274 e. The van der Waals surface area contributed by atoms with Crippen molar-refractivity contribution in [3.63, 3.8) is 0 Å². The van der Waals surface area contributed by atoms with E-state index >= 15 is 0 Å². The number of aromatic nitrogens is 2. The van der Waals surface area contributed by atoms with Gasteiger partial charge in [-0.2, -0.15) is 5.10 Å². The van der Waals surface area contributed by atoms with Crippen LogP contribution in [0.25, 0.3) is 21.5 Å². The maximum atomic E-state index is 12.9. The molecular weight excluding hydrogens is 338 g/mol. The van der Waals surface area contributed by atoms with Crippen LogP contribution in [0.2, 0.25) is 0 Å². The molecule has 0 saturated heterocycles. The Balaban J connectivity index is 1.68. The maximum absolute atomic E-state index is 12.9. The lowest BCUT2D eigenvalue weighted by Gasteiger charge is -2.16. The van der Waals surface area contributed by atoms with Crippen LogP contribution in [0.3, 0.4) is 0 Å². The minimum absolute atomic E-state index is 0.195. The summed E-state index contributed by atoms with van der Waals surface area (Å²) in [6.45, 7) is 1.94. The van der Waals surface area contributed by atoms with E-state index < -0.39 is 0 Å². The summed E-state index contributed by atoms with van der Waals surface area (Å²) in [4.78, 5) is 25.1. The van der Waals surface area contributed by atoms with Gasteiger partial charge in [0.25, 0.3) is 11.5 Å². The molecule has 1 amide bonds. The molecule has 1 heterocycles. The van der Waals surface area contributed by atoms with Crippen molar-refractivity contribution < 1.29 is 4.79 Å². The number of carbonyl (C=O) groups excluding carboxylic acids is 1. The summed E-state index contributed by atoms with van der Waals surface area (Å²) in [5.74, 6) is -0.303. The predicted octanol–water partition coefficient (Wildman–Crippen LogP) is 3.58. The van der Waals surface area contributed by atoms with Crippen molar-refractivity contribution >= 4 is 27.5 Å². The summed E-state index contributed by atoms with van der Waals surface area (Å²) in [5, 5.41) is 10.5. The fraction of sp³-hybridized carbons (Fsp3) is 0.136. The summed E-state index contributed by atoms with van der Waals surface area (Å²) in [5.41, 5.74) is 1.04. The zero-order valence-electron chi connectivity index (χ0n) is 15.1. The summed E-state index contributed by atoms with van der Waals surface area (Å²) < 4.78 is 1.21. The third-order valence-corrected chi connectivity index (χ3v) is 4.79. The second-order valence-corrected chi connectivity index (χ2v) is 6.62. The van der Waals surface area contributed by atoms with Gasteiger partial charge in [0.2, 0.25) is 0 Å². The number of carbonyl (C=O) groups is 1. The van der Waals surface area contributed by atoms with Gasteiger partial charge in [-0.3, -0.25) is 9.59 Å². The fourth-order valence-electron chi connectivity index (χ4n) is 3.29. The van der Waals surface area contributed by atoms with E-state index in [4.69, 9.17) is 0 Å². The van der Waals surface area contributed by atoms with Crippen molar-refractivity contribution in [1.82, 2.24) is 15.1 Å². The first-order valence-electron chi connectivity index (χ1n) is 8.80. The van der Waals surface area contributed by atoms with Crippen LogP contribution in [0, 0.1) is 0 Å². The fourth-order valence-corrected chi connectivity index (χ4v) is 3.29. The van der Waals surface area contributed by atoms with Crippen LogP contribution in [-0.2, 0) is 7.05 Å². The molecule has 27 heavy (non-hydrogen) atoms. The number of fused-ring (bicyclic) bond motifs is 2. The Hall–Kier alpha value is -3.47. The Kier molecular flexibility index (Phi) is 4.20. The number of hydrogen-bond donors (Lipinski definition) is 1. The van der Waals surface area contributed by atoms with Crippen molar-refractivity contribution in [2.45, 2.75) is 13.0 Å². The van der Waals surface area contributed by atoms with Crippen molar-refractivity contribution in [3.05, 3.63) is 88.3 Å². The topological polar surface area (TPSA) is 64.0 Å². The van der Waals surface area contributed by atoms with E-state index in [9.17, 15) is 9.59 Å². The largest absolute Gasteiger partial charge is 0.344 e. The Bertz CT molecular complexity index is 1230. The molecule has 134 valence electrons. The van der Waals surface area contributed by atoms with Crippen LogP contribution >= 0.6 is 0 Å². The Morgan fingerprint density at radius 3 is 2.41 bits per heavy atom. The number of amides is 1. The standard InChI is InChI=1S/C22H19N3O2/c1-14(16-12-11-15-7-3-4-8-17(15)13-16)23-21(26)20-18-9-5-6-10-19(18)22(27)25(2)24-20/h3-14H,1-2H3,(H,23,26)/t14-/m1/s1. The van der Waals surface area contributed by atoms with Gasteiger partial charge < -0.3 is 5.32 Å². The van der Waals surface area contributed by atoms with Crippen LogP contribution < -0.4 is 10.9 Å². The highest BCUT2D eigenvalue weighted by Gasteiger charge is 2.18.